The fourth-order valence-corrected chi connectivity index (χ4v) is 5.44. The lowest BCUT2D eigenvalue weighted by molar-refractivity contribution is -0.146. The summed E-state index contributed by atoms with van der Waals surface area (Å²) in [5.41, 5.74) is 0.375. The molecule has 1 aliphatic rings. The van der Waals surface area contributed by atoms with Crippen molar-refractivity contribution in [1.29, 1.82) is 0 Å². The Morgan fingerprint density at radius 2 is 1.86 bits per heavy atom. The van der Waals surface area contributed by atoms with Crippen LogP contribution in [-0.2, 0) is 20.7 Å². The molecule has 0 atom stereocenters. The van der Waals surface area contributed by atoms with E-state index < -0.39 is 29.0 Å². The number of ether oxygens (including phenoxy) is 1. The highest BCUT2D eigenvalue weighted by molar-refractivity contribution is 9.10. The second-order valence-corrected chi connectivity index (χ2v) is 12.3. The Kier molecular flexibility index (Phi) is 9.40. The van der Waals surface area contributed by atoms with Crippen LogP contribution in [0.1, 0.15) is 44.7 Å². The Morgan fingerprint density at radius 1 is 1.14 bits per heavy atom. The molecule has 8 nitrogen and oxygen atoms in total. The molecule has 11 heteroatoms. The number of likely N-dealkylation sites (tertiary alicyclic amines) is 1. The van der Waals surface area contributed by atoms with Crippen molar-refractivity contribution in [1.82, 2.24) is 20.1 Å². The van der Waals surface area contributed by atoms with Crippen LogP contribution in [0.4, 0.5) is 13.6 Å². The minimum Gasteiger partial charge on any atom is -0.444 e. The van der Waals surface area contributed by atoms with E-state index in [-0.39, 0.29) is 48.7 Å². The molecule has 42 heavy (non-hydrogen) atoms. The smallest absolute Gasteiger partial charge is 0.410 e. The second-order valence-electron chi connectivity index (χ2n) is 11.4. The largest absolute Gasteiger partial charge is 0.444 e. The summed E-state index contributed by atoms with van der Waals surface area (Å²) in [4.78, 5) is 45.9. The van der Waals surface area contributed by atoms with Crippen molar-refractivity contribution in [2.75, 3.05) is 26.7 Å². The minimum absolute atomic E-state index is 0.203. The lowest BCUT2D eigenvalue weighted by Gasteiger charge is -2.45. The number of hydrogen-bond acceptors (Lipinski definition) is 4. The molecular formula is C31H35BrF2N4O4. The van der Waals surface area contributed by atoms with Gasteiger partial charge in [-0.15, -0.1) is 0 Å². The van der Waals surface area contributed by atoms with Crippen molar-refractivity contribution in [2.24, 2.45) is 0 Å². The number of H-pyrrole nitrogens is 1. The predicted octanol–water partition coefficient (Wildman–Crippen LogP) is 5.81. The molecule has 2 aromatic carbocycles. The second kappa shape index (κ2) is 12.6. The summed E-state index contributed by atoms with van der Waals surface area (Å²) in [5, 5.41) is 3.71. The highest BCUT2D eigenvalue weighted by Crippen LogP contribution is 2.30. The average molecular weight is 646 g/mol. The highest BCUT2D eigenvalue weighted by Gasteiger charge is 2.47. The summed E-state index contributed by atoms with van der Waals surface area (Å²) in [6, 6.07) is 8.89. The number of amides is 3. The van der Waals surface area contributed by atoms with Crippen molar-refractivity contribution in [3.05, 3.63) is 75.9 Å². The van der Waals surface area contributed by atoms with Crippen LogP contribution in [0.3, 0.4) is 0 Å². The first kappa shape index (κ1) is 31.2. The van der Waals surface area contributed by atoms with Crippen LogP contribution in [0.5, 0.6) is 0 Å². The summed E-state index contributed by atoms with van der Waals surface area (Å²) in [6.45, 7) is 6.06. The van der Waals surface area contributed by atoms with Gasteiger partial charge in [0.25, 0.3) is 0 Å². The number of aromatic nitrogens is 1. The highest BCUT2D eigenvalue weighted by atomic mass is 79.9. The normalized spacial score (nSPS) is 15.2. The molecule has 0 unspecified atom stereocenters. The summed E-state index contributed by atoms with van der Waals surface area (Å²) in [6.07, 6.45) is 5.07. The average Bonchev–Trinajstić information content (AvgIpc) is 3.33. The number of benzene rings is 2. The first-order valence-corrected chi connectivity index (χ1v) is 14.5. The quantitative estimate of drug-likeness (QED) is 0.318. The number of carbonyl (C=O) groups is 3. The Morgan fingerprint density at radius 3 is 2.52 bits per heavy atom. The molecular weight excluding hydrogens is 610 g/mol. The standard InChI is InChI=1S/C31H35BrF2N4O4/c1-30(2,3)42-29(41)38-15-12-31(13-16-38,37(4)27(39)10-6-20-5-8-25(34)24(32)17-20)28(40)35-14-11-21-19-36-26-9-7-22(33)18-23(21)26/h5-10,17-19,36H,11-16H2,1-4H3,(H,35,40)/b10-6+. The van der Waals surface area contributed by atoms with E-state index in [4.69, 9.17) is 4.74 Å². The fraction of sp³-hybridized carbons (Fsp3) is 0.387. The van der Waals surface area contributed by atoms with Gasteiger partial charge in [0.1, 0.15) is 22.8 Å². The maximum Gasteiger partial charge on any atom is 0.410 e. The Balaban J connectivity index is 1.50. The van der Waals surface area contributed by atoms with E-state index in [1.165, 1.54) is 29.2 Å². The number of hydrogen-bond donors (Lipinski definition) is 2. The maximum absolute atomic E-state index is 13.8. The van der Waals surface area contributed by atoms with Gasteiger partial charge in [-0.1, -0.05) is 6.07 Å². The van der Waals surface area contributed by atoms with Crippen LogP contribution in [0.2, 0.25) is 0 Å². The molecule has 0 spiro atoms. The third-order valence-corrected chi connectivity index (χ3v) is 8.02. The SMILES string of the molecule is CN(C(=O)/C=C/c1ccc(F)c(Br)c1)C1(C(=O)NCCc2c[nH]c3ccc(F)cc23)CCN(C(=O)OC(C)(C)C)CC1. The molecule has 0 bridgehead atoms. The molecule has 1 aliphatic heterocycles. The van der Waals surface area contributed by atoms with Gasteiger partial charge in [-0.3, -0.25) is 9.59 Å². The van der Waals surface area contributed by atoms with E-state index in [1.54, 1.807) is 63.2 Å². The van der Waals surface area contributed by atoms with E-state index in [2.05, 4.69) is 26.2 Å². The number of aromatic amines is 1. The van der Waals surface area contributed by atoms with Crippen LogP contribution >= 0.6 is 15.9 Å². The molecule has 3 aromatic rings. The lowest BCUT2D eigenvalue weighted by Crippen LogP contribution is -2.64. The zero-order valence-electron chi connectivity index (χ0n) is 24.1. The van der Waals surface area contributed by atoms with Crippen molar-refractivity contribution in [2.45, 2.75) is 51.2 Å². The Hall–Kier alpha value is -3.73. The van der Waals surface area contributed by atoms with Gasteiger partial charge in [0.05, 0.1) is 4.47 Å². The molecule has 1 saturated heterocycles. The molecule has 0 radical (unpaired) electrons. The number of carbonyl (C=O) groups excluding carboxylic acids is 3. The van der Waals surface area contributed by atoms with Crippen molar-refractivity contribution < 1.29 is 27.9 Å². The van der Waals surface area contributed by atoms with E-state index in [0.29, 0.717) is 12.0 Å². The number of likely N-dealkylation sites (N-methyl/N-ethyl adjacent to an activating group) is 1. The van der Waals surface area contributed by atoms with Crippen molar-refractivity contribution in [3.8, 4) is 0 Å². The van der Waals surface area contributed by atoms with E-state index in [9.17, 15) is 23.2 Å². The molecule has 0 saturated carbocycles. The van der Waals surface area contributed by atoms with Crippen molar-refractivity contribution >= 4 is 50.8 Å². The molecule has 0 aliphatic carbocycles. The number of nitrogens with one attached hydrogen (secondary N) is 2. The monoisotopic (exact) mass is 644 g/mol. The van der Waals surface area contributed by atoms with Gasteiger partial charge in [0, 0.05) is 49.9 Å². The van der Waals surface area contributed by atoms with Gasteiger partial charge in [-0.25, -0.2) is 13.6 Å². The maximum atomic E-state index is 13.8. The van der Waals surface area contributed by atoms with Gasteiger partial charge in [0.2, 0.25) is 11.8 Å². The van der Waals surface area contributed by atoms with Gasteiger partial charge in [-0.2, -0.15) is 0 Å². The van der Waals surface area contributed by atoms with Gasteiger partial charge < -0.3 is 24.8 Å². The fourth-order valence-electron chi connectivity index (χ4n) is 5.04. The van der Waals surface area contributed by atoms with Crippen LogP contribution in [0.15, 0.2) is 53.1 Å². The summed E-state index contributed by atoms with van der Waals surface area (Å²) in [7, 11) is 1.57. The van der Waals surface area contributed by atoms with E-state index in [1.807, 2.05) is 0 Å². The zero-order chi connectivity index (χ0) is 30.7. The van der Waals surface area contributed by atoms with Gasteiger partial charge in [0.15, 0.2) is 0 Å². The molecule has 1 aromatic heterocycles. The van der Waals surface area contributed by atoms with Crippen LogP contribution in [0.25, 0.3) is 17.0 Å². The number of fused-ring (bicyclic) bond motifs is 1. The van der Waals surface area contributed by atoms with E-state index in [0.717, 1.165) is 16.5 Å². The third kappa shape index (κ3) is 7.18. The number of halogens is 3. The third-order valence-electron chi connectivity index (χ3n) is 7.41. The number of nitrogens with zero attached hydrogens (tertiary/aromatic N) is 2. The van der Waals surface area contributed by atoms with E-state index >= 15 is 0 Å². The summed E-state index contributed by atoms with van der Waals surface area (Å²) < 4.78 is 33.2. The molecule has 3 amide bonds. The topological polar surface area (TPSA) is 94.7 Å². The Bertz CT molecular complexity index is 1510. The lowest BCUT2D eigenvalue weighted by atomic mass is 9.84. The summed E-state index contributed by atoms with van der Waals surface area (Å²) >= 11 is 3.14. The minimum atomic E-state index is -1.23. The predicted molar refractivity (Wildman–Crippen MR) is 161 cm³/mol. The van der Waals surface area contributed by atoms with Crippen LogP contribution in [-0.4, -0.2) is 70.5 Å². The first-order valence-electron chi connectivity index (χ1n) is 13.7. The van der Waals surface area contributed by atoms with Crippen molar-refractivity contribution in [3.63, 3.8) is 0 Å². The number of piperidine rings is 1. The molecule has 224 valence electrons. The van der Waals surface area contributed by atoms with Crippen LogP contribution < -0.4 is 5.32 Å². The summed E-state index contributed by atoms with van der Waals surface area (Å²) in [5.74, 6) is -1.51. The zero-order valence-corrected chi connectivity index (χ0v) is 25.7. The number of rotatable bonds is 7. The van der Waals surface area contributed by atoms with Gasteiger partial charge in [-0.05, 0) is 103 Å². The van der Waals surface area contributed by atoms with Gasteiger partial charge >= 0.3 is 6.09 Å². The molecule has 4 rings (SSSR count). The van der Waals surface area contributed by atoms with Crippen LogP contribution in [0, 0.1) is 11.6 Å². The first-order chi connectivity index (χ1) is 19.8. The molecule has 2 N–H and O–H groups in total. The molecule has 2 heterocycles. The Labute approximate surface area is 252 Å². The molecule has 1 fully saturated rings.